The second-order valence-corrected chi connectivity index (χ2v) is 7.44. The normalized spacial score (nSPS) is 23.7. The van der Waals surface area contributed by atoms with Gasteiger partial charge in [-0.3, -0.25) is 4.99 Å². The lowest BCUT2D eigenvalue weighted by atomic mass is 9.95. The average Bonchev–Trinajstić information content (AvgIpc) is 3.17. The Bertz CT molecular complexity index is 564. The van der Waals surface area contributed by atoms with Crippen molar-refractivity contribution in [3.8, 4) is 0 Å². The third-order valence-electron chi connectivity index (χ3n) is 5.65. The van der Waals surface area contributed by atoms with Crippen molar-refractivity contribution in [2.24, 2.45) is 16.8 Å². The highest BCUT2D eigenvalue weighted by Gasteiger charge is 2.29. The van der Waals surface area contributed by atoms with Crippen LogP contribution in [0.25, 0.3) is 0 Å². The standard InChI is InChI=1S/C21H33N3O2.HI/c1-22-21(24(2)12-8-17-9-13-25-14-10-17)23-16-19-11-15-26-20(19)18-6-4-3-5-7-18;/h3-7,17,19-20H,8-16H2,1-2H3,(H,22,23);1H. The molecule has 2 aliphatic heterocycles. The van der Waals surface area contributed by atoms with Crippen LogP contribution in [0, 0.1) is 11.8 Å². The van der Waals surface area contributed by atoms with Gasteiger partial charge in [0.2, 0.25) is 0 Å². The minimum absolute atomic E-state index is 0. The van der Waals surface area contributed by atoms with Crippen LogP contribution in [0.3, 0.4) is 0 Å². The van der Waals surface area contributed by atoms with Gasteiger partial charge in [0.05, 0.1) is 6.10 Å². The summed E-state index contributed by atoms with van der Waals surface area (Å²) in [6.07, 6.45) is 4.87. The second kappa shape index (κ2) is 11.9. The fourth-order valence-electron chi connectivity index (χ4n) is 3.98. The number of halogens is 1. The minimum atomic E-state index is 0. The highest BCUT2D eigenvalue weighted by atomic mass is 127. The Morgan fingerprint density at radius 2 is 1.89 bits per heavy atom. The smallest absolute Gasteiger partial charge is 0.193 e. The molecular formula is C21H34IN3O2. The third-order valence-corrected chi connectivity index (χ3v) is 5.65. The van der Waals surface area contributed by atoms with Crippen molar-refractivity contribution in [2.75, 3.05) is 47.0 Å². The predicted molar refractivity (Wildman–Crippen MR) is 121 cm³/mol. The molecule has 0 saturated carbocycles. The molecule has 0 aliphatic carbocycles. The highest BCUT2D eigenvalue weighted by molar-refractivity contribution is 14.0. The molecule has 1 aromatic carbocycles. The maximum atomic E-state index is 6.00. The fraction of sp³-hybridized carbons (Fsp3) is 0.667. The van der Waals surface area contributed by atoms with Gasteiger partial charge in [-0.2, -0.15) is 0 Å². The summed E-state index contributed by atoms with van der Waals surface area (Å²) in [5, 5.41) is 3.57. The van der Waals surface area contributed by atoms with Crippen LogP contribution in [0.5, 0.6) is 0 Å². The summed E-state index contributed by atoms with van der Waals surface area (Å²) >= 11 is 0. The van der Waals surface area contributed by atoms with E-state index in [-0.39, 0.29) is 30.1 Å². The van der Waals surface area contributed by atoms with Crippen LogP contribution in [-0.2, 0) is 9.47 Å². The quantitative estimate of drug-likeness (QED) is 0.378. The number of rotatable bonds is 6. The van der Waals surface area contributed by atoms with Gasteiger partial charge in [0.15, 0.2) is 5.96 Å². The molecule has 152 valence electrons. The van der Waals surface area contributed by atoms with Crippen LogP contribution in [0.15, 0.2) is 35.3 Å². The van der Waals surface area contributed by atoms with Gasteiger partial charge in [0, 0.05) is 52.9 Å². The van der Waals surface area contributed by atoms with Crippen molar-refractivity contribution in [3.05, 3.63) is 35.9 Å². The first-order valence-electron chi connectivity index (χ1n) is 9.94. The van der Waals surface area contributed by atoms with Gasteiger partial charge >= 0.3 is 0 Å². The number of hydrogen-bond acceptors (Lipinski definition) is 3. The van der Waals surface area contributed by atoms with E-state index in [0.29, 0.717) is 5.92 Å². The van der Waals surface area contributed by atoms with Crippen molar-refractivity contribution >= 4 is 29.9 Å². The van der Waals surface area contributed by atoms with Gasteiger partial charge < -0.3 is 19.7 Å². The molecule has 0 bridgehead atoms. The fourth-order valence-corrected chi connectivity index (χ4v) is 3.98. The summed E-state index contributed by atoms with van der Waals surface area (Å²) in [4.78, 5) is 6.73. The molecule has 2 aliphatic rings. The second-order valence-electron chi connectivity index (χ2n) is 7.44. The Morgan fingerprint density at radius 3 is 2.59 bits per heavy atom. The maximum absolute atomic E-state index is 6.00. The summed E-state index contributed by atoms with van der Waals surface area (Å²) in [6, 6.07) is 10.6. The van der Waals surface area contributed by atoms with E-state index >= 15 is 0 Å². The van der Waals surface area contributed by atoms with E-state index in [1.807, 2.05) is 7.05 Å². The van der Waals surface area contributed by atoms with Crippen molar-refractivity contribution in [1.29, 1.82) is 0 Å². The van der Waals surface area contributed by atoms with Crippen molar-refractivity contribution in [3.63, 3.8) is 0 Å². The van der Waals surface area contributed by atoms with Crippen molar-refractivity contribution in [2.45, 2.75) is 31.8 Å². The number of benzene rings is 1. The molecule has 5 nitrogen and oxygen atoms in total. The number of nitrogens with one attached hydrogen (secondary N) is 1. The van der Waals surface area contributed by atoms with Crippen LogP contribution < -0.4 is 5.32 Å². The number of hydrogen-bond donors (Lipinski definition) is 1. The van der Waals surface area contributed by atoms with Crippen molar-refractivity contribution in [1.82, 2.24) is 10.2 Å². The molecule has 0 amide bonds. The van der Waals surface area contributed by atoms with Gasteiger partial charge in [-0.25, -0.2) is 0 Å². The van der Waals surface area contributed by atoms with Crippen LogP contribution in [-0.4, -0.2) is 57.9 Å². The first-order chi connectivity index (χ1) is 12.8. The largest absolute Gasteiger partial charge is 0.381 e. The molecule has 2 heterocycles. The molecule has 1 N–H and O–H groups in total. The molecule has 0 radical (unpaired) electrons. The Balaban J connectivity index is 0.00000261. The SMILES string of the molecule is CN=C(NCC1CCOC1c1ccccc1)N(C)CCC1CCOCC1.I. The van der Waals surface area contributed by atoms with E-state index in [0.717, 1.165) is 51.2 Å². The molecule has 2 atom stereocenters. The Kier molecular flexibility index (Phi) is 9.86. The van der Waals surface area contributed by atoms with E-state index in [1.54, 1.807) is 0 Å². The number of nitrogens with zero attached hydrogens (tertiary/aromatic N) is 2. The predicted octanol–water partition coefficient (Wildman–Crippen LogP) is 3.71. The van der Waals surface area contributed by atoms with Crippen LogP contribution in [0.4, 0.5) is 0 Å². The van der Waals surface area contributed by atoms with Crippen LogP contribution in [0.1, 0.15) is 37.4 Å². The average molecular weight is 487 g/mol. The molecule has 2 fully saturated rings. The zero-order valence-electron chi connectivity index (χ0n) is 16.6. The van der Waals surface area contributed by atoms with Gasteiger partial charge in [-0.1, -0.05) is 30.3 Å². The van der Waals surface area contributed by atoms with Gasteiger partial charge in [-0.05, 0) is 37.2 Å². The van der Waals surface area contributed by atoms with Gasteiger partial charge in [0.25, 0.3) is 0 Å². The maximum Gasteiger partial charge on any atom is 0.193 e. The molecule has 2 unspecified atom stereocenters. The topological polar surface area (TPSA) is 46.1 Å². The van der Waals surface area contributed by atoms with Crippen LogP contribution >= 0.6 is 24.0 Å². The molecule has 27 heavy (non-hydrogen) atoms. The highest BCUT2D eigenvalue weighted by Crippen LogP contribution is 2.33. The zero-order valence-corrected chi connectivity index (χ0v) is 18.9. The van der Waals surface area contributed by atoms with E-state index in [2.05, 4.69) is 52.6 Å². The Hall–Kier alpha value is -0.860. The summed E-state index contributed by atoms with van der Waals surface area (Å²) in [5.41, 5.74) is 1.28. The molecule has 6 heteroatoms. The Labute approximate surface area is 180 Å². The van der Waals surface area contributed by atoms with Crippen molar-refractivity contribution < 1.29 is 9.47 Å². The van der Waals surface area contributed by atoms with E-state index in [9.17, 15) is 0 Å². The molecule has 0 aromatic heterocycles. The summed E-state index contributed by atoms with van der Waals surface area (Å²) in [7, 11) is 4.00. The number of ether oxygens (including phenoxy) is 2. The lowest BCUT2D eigenvalue weighted by Gasteiger charge is -2.28. The summed E-state index contributed by atoms with van der Waals surface area (Å²) in [5.74, 6) is 2.25. The molecule has 1 aromatic rings. The van der Waals surface area contributed by atoms with E-state index < -0.39 is 0 Å². The van der Waals surface area contributed by atoms with E-state index in [4.69, 9.17) is 9.47 Å². The van der Waals surface area contributed by atoms with Gasteiger partial charge in [-0.15, -0.1) is 24.0 Å². The first-order valence-corrected chi connectivity index (χ1v) is 9.94. The summed E-state index contributed by atoms with van der Waals surface area (Å²) < 4.78 is 11.5. The summed E-state index contributed by atoms with van der Waals surface area (Å²) in [6.45, 7) is 4.61. The lowest BCUT2D eigenvalue weighted by Crippen LogP contribution is -2.42. The monoisotopic (exact) mass is 487 g/mol. The molecule has 3 rings (SSSR count). The molecular weight excluding hydrogens is 453 g/mol. The third kappa shape index (κ3) is 6.61. The number of aliphatic imine (C=N–C) groups is 1. The molecule has 0 spiro atoms. The first kappa shape index (κ1) is 22.4. The number of guanidine groups is 1. The zero-order chi connectivity index (χ0) is 18.2. The van der Waals surface area contributed by atoms with E-state index in [1.165, 1.54) is 24.8 Å². The lowest BCUT2D eigenvalue weighted by molar-refractivity contribution is 0.0625. The minimum Gasteiger partial charge on any atom is -0.381 e. The Morgan fingerprint density at radius 1 is 1.15 bits per heavy atom. The molecule has 2 saturated heterocycles. The van der Waals surface area contributed by atoms with Gasteiger partial charge in [0.1, 0.15) is 0 Å². The van der Waals surface area contributed by atoms with Crippen LogP contribution in [0.2, 0.25) is 0 Å².